The van der Waals surface area contributed by atoms with Gasteiger partial charge in [-0.3, -0.25) is 19.2 Å². The van der Waals surface area contributed by atoms with Gasteiger partial charge in [-0.05, 0) is 12.1 Å². The van der Waals surface area contributed by atoms with Gasteiger partial charge in [-0.25, -0.2) is 0 Å². The van der Waals surface area contributed by atoms with Crippen LogP contribution in [0, 0.1) is 0 Å². The van der Waals surface area contributed by atoms with E-state index in [0.29, 0.717) is 0 Å². The van der Waals surface area contributed by atoms with E-state index in [-0.39, 0.29) is 67.7 Å². The van der Waals surface area contributed by atoms with E-state index in [1.54, 1.807) is 0 Å². The third kappa shape index (κ3) is 7.33. The van der Waals surface area contributed by atoms with E-state index >= 15 is 0 Å². The summed E-state index contributed by atoms with van der Waals surface area (Å²) < 4.78 is 0. The van der Waals surface area contributed by atoms with Crippen LogP contribution in [-0.4, -0.2) is 44.9 Å². The fraction of sp³-hybridized carbons (Fsp3) is 0.286. The maximum atomic E-state index is 11.7. The smallest absolute Gasteiger partial charge is 0.235 e. The Morgan fingerprint density at radius 3 is 0.885 bits per heavy atom. The number of hydrogen-bond acceptors (Lipinski definition) is 4. The van der Waals surface area contributed by atoms with Gasteiger partial charge >= 0.3 is 0 Å². The minimum atomic E-state index is -0.352. The highest BCUT2D eigenvalue weighted by molar-refractivity contribution is 9.10. The van der Waals surface area contributed by atoms with Crippen molar-refractivity contribution in [3.05, 3.63) is 12.1 Å². The number of alkyl halides is 4. The fourth-order valence-corrected chi connectivity index (χ4v) is 2.31. The maximum absolute atomic E-state index is 11.7. The van der Waals surface area contributed by atoms with Crippen LogP contribution in [0.4, 0.5) is 22.7 Å². The number of carbonyl (C=O) groups is 4. The molecule has 0 radical (unpaired) electrons. The first-order chi connectivity index (χ1) is 12.3. The summed E-state index contributed by atoms with van der Waals surface area (Å²) in [6.07, 6.45) is 0. The molecule has 1 aromatic rings. The molecule has 0 saturated carbocycles. The van der Waals surface area contributed by atoms with Gasteiger partial charge in [-0.15, -0.1) is 0 Å². The Hall–Kier alpha value is -0.980. The average Bonchev–Trinajstić information content (AvgIpc) is 2.63. The summed E-state index contributed by atoms with van der Waals surface area (Å²) in [5, 5.41) is 10.6. The Labute approximate surface area is 183 Å². The van der Waals surface area contributed by atoms with Gasteiger partial charge in [0.2, 0.25) is 23.6 Å². The van der Waals surface area contributed by atoms with Crippen LogP contribution in [0.15, 0.2) is 12.1 Å². The van der Waals surface area contributed by atoms with Crippen molar-refractivity contribution in [3.63, 3.8) is 0 Å². The largest absolute Gasteiger partial charge is 0.323 e. The molecule has 0 aliphatic heterocycles. The highest BCUT2D eigenvalue weighted by Crippen LogP contribution is 2.34. The lowest BCUT2D eigenvalue weighted by Gasteiger charge is -2.18. The third-order valence-corrected chi connectivity index (χ3v) is 4.78. The van der Waals surface area contributed by atoms with Crippen LogP contribution in [0.2, 0.25) is 0 Å². The first kappa shape index (κ1) is 23.1. The molecule has 0 unspecified atom stereocenters. The minimum Gasteiger partial charge on any atom is -0.323 e. The van der Waals surface area contributed by atoms with Crippen LogP contribution < -0.4 is 21.3 Å². The molecule has 8 nitrogen and oxygen atoms in total. The van der Waals surface area contributed by atoms with E-state index in [4.69, 9.17) is 0 Å². The molecule has 0 atom stereocenters. The number of nitrogens with one attached hydrogen (secondary N) is 4. The van der Waals surface area contributed by atoms with Crippen molar-refractivity contribution in [3.8, 4) is 0 Å². The normalized spacial score (nSPS) is 10.0. The summed E-state index contributed by atoms with van der Waals surface area (Å²) in [5.74, 6) is -1.41. The Balaban J connectivity index is 3.41. The number of halogens is 4. The second-order valence-electron chi connectivity index (χ2n) is 4.67. The third-order valence-electron chi connectivity index (χ3n) is 2.74. The van der Waals surface area contributed by atoms with Gasteiger partial charge < -0.3 is 21.3 Å². The molecule has 0 aliphatic rings. The Morgan fingerprint density at radius 2 is 0.731 bits per heavy atom. The number of hydrogen-bond donors (Lipinski definition) is 4. The van der Waals surface area contributed by atoms with E-state index in [9.17, 15) is 19.2 Å². The molecule has 0 aromatic heterocycles. The Morgan fingerprint density at radius 1 is 0.538 bits per heavy atom. The monoisotopic (exact) mass is 618 g/mol. The van der Waals surface area contributed by atoms with Crippen LogP contribution in [0.1, 0.15) is 0 Å². The van der Waals surface area contributed by atoms with E-state index in [1.807, 2.05) is 0 Å². The molecule has 1 aromatic carbocycles. The van der Waals surface area contributed by atoms with Crippen LogP contribution >= 0.6 is 63.7 Å². The van der Waals surface area contributed by atoms with Crippen LogP contribution in [0.25, 0.3) is 0 Å². The number of carbonyl (C=O) groups excluding carboxylic acids is 4. The van der Waals surface area contributed by atoms with Gasteiger partial charge in [0.15, 0.2) is 0 Å². The number of amides is 4. The van der Waals surface area contributed by atoms with Gasteiger partial charge in [0, 0.05) is 0 Å². The summed E-state index contributed by atoms with van der Waals surface area (Å²) >= 11 is 12.2. The minimum absolute atomic E-state index is 0.0456. The molecule has 0 fully saturated rings. The number of anilines is 4. The predicted molar refractivity (Wildman–Crippen MR) is 116 cm³/mol. The summed E-state index contributed by atoms with van der Waals surface area (Å²) in [6.45, 7) is 0. The molecule has 0 spiro atoms. The molecule has 12 heteroatoms. The zero-order valence-corrected chi connectivity index (χ0v) is 19.5. The molecule has 142 valence electrons. The first-order valence-corrected chi connectivity index (χ1v) is 11.4. The van der Waals surface area contributed by atoms with Crippen LogP contribution in [0.5, 0.6) is 0 Å². The van der Waals surface area contributed by atoms with E-state index in [0.717, 1.165) is 0 Å². The number of benzene rings is 1. The van der Waals surface area contributed by atoms with Crippen molar-refractivity contribution in [1.29, 1.82) is 0 Å². The Kier molecular flexibility index (Phi) is 10.4. The second-order valence-corrected chi connectivity index (χ2v) is 6.91. The van der Waals surface area contributed by atoms with Gasteiger partial charge in [0.05, 0.1) is 44.1 Å². The molecular formula is C14H14Br4N4O4. The second kappa shape index (κ2) is 11.7. The molecular weight excluding hydrogens is 608 g/mol. The van der Waals surface area contributed by atoms with Crippen molar-refractivity contribution >= 4 is 110 Å². The molecule has 26 heavy (non-hydrogen) atoms. The quantitative estimate of drug-likeness (QED) is 0.334. The van der Waals surface area contributed by atoms with Crippen molar-refractivity contribution in [2.24, 2.45) is 0 Å². The first-order valence-electron chi connectivity index (χ1n) is 6.95. The summed E-state index contributed by atoms with van der Waals surface area (Å²) in [5.41, 5.74) is 1.08. The highest BCUT2D eigenvalue weighted by atomic mass is 79.9. The predicted octanol–water partition coefficient (Wildman–Crippen LogP) is 3.02. The lowest BCUT2D eigenvalue weighted by molar-refractivity contribution is -0.114. The number of rotatable bonds is 8. The summed E-state index contributed by atoms with van der Waals surface area (Å²) in [7, 11) is 0. The van der Waals surface area contributed by atoms with Gasteiger partial charge in [0.25, 0.3) is 0 Å². The lowest BCUT2D eigenvalue weighted by atomic mass is 10.2. The SMILES string of the molecule is O=C(CBr)Nc1cc(NC(=O)CBr)c(NC(=O)CBr)cc1NC(=O)CBr. The zero-order valence-electron chi connectivity index (χ0n) is 13.1. The Bertz CT molecular complexity index is 600. The molecule has 1 rings (SSSR count). The topological polar surface area (TPSA) is 116 Å². The van der Waals surface area contributed by atoms with Crippen molar-refractivity contribution in [2.75, 3.05) is 42.6 Å². The van der Waals surface area contributed by atoms with E-state index < -0.39 is 0 Å². The van der Waals surface area contributed by atoms with Crippen molar-refractivity contribution in [2.45, 2.75) is 0 Å². The van der Waals surface area contributed by atoms with Crippen LogP contribution in [-0.2, 0) is 19.2 Å². The molecule has 4 N–H and O–H groups in total. The maximum Gasteiger partial charge on any atom is 0.235 e. The highest BCUT2D eigenvalue weighted by Gasteiger charge is 2.16. The van der Waals surface area contributed by atoms with Crippen molar-refractivity contribution in [1.82, 2.24) is 0 Å². The average molecular weight is 622 g/mol. The van der Waals surface area contributed by atoms with Crippen molar-refractivity contribution < 1.29 is 19.2 Å². The summed E-state index contributed by atoms with van der Waals surface area (Å²) in [4.78, 5) is 46.9. The van der Waals surface area contributed by atoms with E-state index in [2.05, 4.69) is 85.0 Å². The van der Waals surface area contributed by atoms with Gasteiger partial charge in [-0.1, -0.05) is 63.7 Å². The van der Waals surface area contributed by atoms with E-state index in [1.165, 1.54) is 12.1 Å². The molecule has 0 aliphatic carbocycles. The summed E-state index contributed by atoms with van der Waals surface area (Å²) in [6, 6.07) is 2.91. The van der Waals surface area contributed by atoms with Gasteiger partial charge in [-0.2, -0.15) is 0 Å². The lowest BCUT2D eigenvalue weighted by Crippen LogP contribution is -2.21. The standard InChI is InChI=1S/C14H14Br4N4O4/c15-3-11(23)19-7-1-8(20-12(24)4-16)10(22-14(26)6-18)2-9(7)21-13(25)5-17/h1-2H,3-6H2,(H,19,23)(H,20,24)(H,21,25)(H,22,26). The van der Waals surface area contributed by atoms with Gasteiger partial charge in [0.1, 0.15) is 0 Å². The molecule has 4 amide bonds. The molecule has 0 heterocycles. The van der Waals surface area contributed by atoms with Crippen LogP contribution in [0.3, 0.4) is 0 Å². The zero-order chi connectivity index (χ0) is 19.7. The molecule has 0 bridgehead atoms. The fourth-order valence-electron chi connectivity index (χ4n) is 1.75. The molecule has 0 saturated heterocycles.